The van der Waals surface area contributed by atoms with Crippen molar-refractivity contribution in [3.63, 3.8) is 0 Å². The Kier molecular flexibility index (Phi) is 6.08. The standard InChI is InChI=1S/C22H20ClN5O3/c23-17-7-5-15(6-8-17)18-9-10-21(26-25-18)27-13-11-16(12-14-27)22(29)24-19-3-1-2-4-20(19)28(30)31/h1-10,16H,11-14H2,(H,24,29). The average molecular weight is 438 g/mol. The maximum atomic E-state index is 12.6. The number of para-hydroxylation sites is 2. The fraction of sp³-hybridized carbons (Fsp3) is 0.227. The van der Waals surface area contributed by atoms with Gasteiger partial charge >= 0.3 is 0 Å². The fourth-order valence-electron chi connectivity index (χ4n) is 3.61. The molecule has 0 bridgehead atoms. The van der Waals surface area contributed by atoms with E-state index < -0.39 is 4.92 Å². The molecule has 1 aliphatic rings. The number of halogens is 1. The van der Waals surface area contributed by atoms with E-state index >= 15 is 0 Å². The molecule has 1 N–H and O–H groups in total. The van der Waals surface area contributed by atoms with E-state index in [9.17, 15) is 14.9 Å². The summed E-state index contributed by atoms with van der Waals surface area (Å²) in [5, 5.41) is 23.2. The summed E-state index contributed by atoms with van der Waals surface area (Å²) in [6.07, 6.45) is 1.26. The molecule has 0 radical (unpaired) electrons. The SMILES string of the molecule is O=C(Nc1ccccc1[N+](=O)[O-])C1CCN(c2ccc(-c3ccc(Cl)cc3)nn2)CC1. The Morgan fingerprint density at radius 3 is 2.39 bits per heavy atom. The number of nitrogens with one attached hydrogen (secondary N) is 1. The van der Waals surface area contributed by atoms with E-state index in [1.807, 2.05) is 36.4 Å². The molecule has 0 atom stereocenters. The van der Waals surface area contributed by atoms with Gasteiger partial charge in [0.15, 0.2) is 5.82 Å². The van der Waals surface area contributed by atoms with Crippen LogP contribution in [0.4, 0.5) is 17.2 Å². The summed E-state index contributed by atoms with van der Waals surface area (Å²) in [6.45, 7) is 1.31. The molecule has 1 aliphatic heterocycles. The van der Waals surface area contributed by atoms with Crippen molar-refractivity contribution in [2.24, 2.45) is 5.92 Å². The normalized spacial score (nSPS) is 14.3. The van der Waals surface area contributed by atoms with Crippen LogP contribution in [0.5, 0.6) is 0 Å². The number of nitrogens with zero attached hydrogens (tertiary/aromatic N) is 4. The molecule has 0 saturated carbocycles. The Hall–Kier alpha value is -3.52. The van der Waals surface area contributed by atoms with Gasteiger partial charge < -0.3 is 10.2 Å². The zero-order valence-electron chi connectivity index (χ0n) is 16.6. The lowest BCUT2D eigenvalue weighted by Crippen LogP contribution is -2.38. The number of anilines is 2. The molecule has 0 aliphatic carbocycles. The fourth-order valence-corrected chi connectivity index (χ4v) is 3.74. The molecule has 158 valence electrons. The predicted molar refractivity (Wildman–Crippen MR) is 119 cm³/mol. The Balaban J connectivity index is 1.36. The van der Waals surface area contributed by atoms with Crippen molar-refractivity contribution >= 4 is 34.7 Å². The van der Waals surface area contributed by atoms with Crippen LogP contribution in [0.2, 0.25) is 5.02 Å². The molecule has 1 saturated heterocycles. The molecular weight excluding hydrogens is 418 g/mol. The van der Waals surface area contributed by atoms with Crippen molar-refractivity contribution in [3.8, 4) is 11.3 Å². The smallest absolute Gasteiger partial charge is 0.292 e. The van der Waals surface area contributed by atoms with Crippen LogP contribution in [0.1, 0.15) is 12.8 Å². The van der Waals surface area contributed by atoms with Gasteiger partial charge in [-0.05, 0) is 43.2 Å². The van der Waals surface area contributed by atoms with Crippen LogP contribution in [0.15, 0.2) is 60.7 Å². The molecule has 2 aromatic carbocycles. The summed E-state index contributed by atoms with van der Waals surface area (Å²) in [7, 11) is 0. The van der Waals surface area contributed by atoms with Gasteiger partial charge in [-0.1, -0.05) is 35.9 Å². The van der Waals surface area contributed by atoms with Crippen molar-refractivity contribution in [2.45, 2.75) is 12.8 Å². The van der Waals surface area contributed by atoms with Gasteiger partial charge in [-0.25, -0.2) is 0 Å². The third-order valence-electron chi connectivity index (χ3n) is 5.34. The molecule has 2 heterocycles. The Bertz CT molecular complexity index is 1080. The quantitative estimate of drug-likeness (QED) is 0.463. The van der Waals surface area contributed by atoms with Crippen LogP contribution < -0.4 is 10.2 Å². The molecular formula is C22H20ClN5O3. The van der Waals surface area contributed by atoms with Crippen LogP contribution in [0, 0.1) is 16.0 Å². The molecule has 31 heavy (non-hydrogen) atoms. The minimum absolute atomic E-state index is 0.107. The number of hydrogen-bond donors (Lipinski definition) is 1. The van der Waals surface area contributed by atoms with Crippen LogP contribution in [-0.4, -0.2) is 34.1 Å². The first-order chi connectivity index (χ1) is 15.0. The van der Waals surface area contributed by atoms with E-state index in [0.29, 0.717) is 31.0 Å². The second kappa shape index (κ2) is 9.09. The van der Waals surface area contributed by atoms with Crippen LogP contribution in [-0.2, 0) is 4.79 Å². The van der Waals surface area contributed by atoms with Crippen molar-refractivity contribution < 1.29 is 9.72 Å². The van der Waals surface area contributed by atoms with Crippen molar-refractivity contribution in [1.82, 2.24) is 10.2 Å². The third-order valence-corrected chi connectivity index (χ3v) is 5.59. The van der Waals surface area contributed by atoms with E-state index in [2.05, 4.69) is 20.4 Å². The second-order valence-electron chi connectivity index (χ2n) is 7.31. The van der Waals surface area contributed by atoms with Gasteiger partial charge in [0, 0.05) is 35.7 Å². The van der Waals surface area contributed by atoms with Gasteiger partial charge in [-0.15, -0.1) is 10.2 Å². The number of carbonyl (C=O) groups is 1. The van der Waals surface area contributed by atoms with Crippen LogP contribution in [0.25, 0.3) is 11.3 Å². The van der Waals surface area contributed by atoms with Crippen molar-refractivity contribution in [2.75, 3.05) is 23.3 Å². The van der Waals surface area contributed by atoms with Crippen LogP contribution >= 0.6 is 11.6 Å². The minimum Gasteiger partial charge on any atom is -0.355 e. The van der Waals surface area contributed by atoms with Gasteiger partial charge in [0.2, 0.25) is 5.91 Å². The molecule has 1 aromatic heterocycles. The molecule has 1 fully saturated rings. The summed E-state index contributed by atoms with van der Waals surface area (Å²) in [4.78, 5) is 25.4. The Morgan fingerprint density at radius 2 is 1.74 bits per heavy atom. The maximum Gasteiger partial charge on any atom is 0.292 e. The number of amides is 1. The van der Waals surface area contributed by atoms with Gasteiger partial charge in [0.05, 0.1) is 10.6 Å². The zero-order chi connectivity index (χ0) is 21.8. The molecule has 8 nitrogen and oxygen atoms in total. The van der Waals surface area contributed by atoms with E-state index in [-0.39, 0.29) is 23.2 Å². The lowest BCUT2D eigenvalue weighted by atomic mass is 9.95. The van der Waals surface area contributed by atoms with E-state index in [4.69, 9.17) is 11.6 Å². The van der Waals surface area contributed by atoms with E-state index in [1.54, 1.807) is 18.2 Å². The predicted octanol–water partition coefficient (Wildman–Crippen LogP) is 4.56. The van der Waals surface area contributed by atoms with E-state index in [0.717, 1.165) is 17.1 Å². The number of rotatable bonds is 5. The molecule has 1 amide bonds. The number of nitro benzene ring substituents is 1. The molecule has 0 unspecified atom stereocenters. The topological polar surface area (TPSA) is 101 Å². The molecule has 4 rings (SSSR count). The van der Waals surface area contributed by atoms with Gasteiger partial charge in [-0.3, -0.25) is 14.9 Å². The maximum absolute atomic E-state index is 12.6. The summed E-state index contributed by atoms with van der Waals surface area (Å²) < 4.78 is 0. The first kappa shape index (κ1) is 20.7. The number of piperidine rings is 1. The van der Waals surface area contributed by atoms with E-state index in [1.165, 1.54) is 6.07 Å². The number of nitro groups is 1. The second-order valence-corrected chi connectivity index (χ2v) is 7.74. The highest BCUT2D eigenvalue weighted by Gasteiger charge is 2.27. The summed E-state index contributed by atoms with van der Waals surface area (Å²) in [6, 6.07) is 17.4. The molecule has 3 aromatic rings. The van der Waals surface area contributed by atoms with Gasteiger partial charge in [0.25, 0.3) is 5.69 Å². The first-order valence-corrected chi connectivity index (χ1v) is 10.3. The lowest BCUT2D eigenvalue weighted by molar-refractivity contribution is -0.383. The summed E-state index contributed by atoms with van der Waals surface area (Å²) in [5.74, 6) is 0.353. The Morgan fingerprint density at radius 1 is 1.03 bits per heavy atom. The number of carbonyl (C=O) groups excluding carboxylic acids is 1. The monoisotopic (exact) mass is 437 g/mol. The van der Waals surface area contributed by atoms with Crippen molar-refractivity contribution in [3.05, 3.63) is 75.8 Å². The van der Waals surface area contributed by atoms with Crippen LogP contribution in [0.3, 0.4) is 0 Å². The largest absolute Gasteiger partial charge is 0.355 e. The van der Waals surface area contributed by atoms with Crippen molar-refractivity contribution in [1.29, 1.82) is 0 Å². The highest BCUT2D eigenvalue weighted by molar-refractivity contribution is 6.30. The summed E-state index contributed by atoms with van der Waals surface area (Å²) in [5.41, 5.74) is 1.82. The lowest BCUT2D eigenvalue weighted by Gasteiger charge is -2.31. The highest BCUT2D eigenvalue weighted by atomic mass is 35.5. The summed E-state index contributed by atoms with van der Waals surface area (Å²) >= 11 is 5.93. The minimum atomic E-state index is -0.495. The number of hydrogen-bond acceptors (Lipinski definition) is 6. The highest BCUT2D eigenvalue weighted by Crippen LogP contribution is 2.27. The van der Waals surface area contributed by atoms with Gasteiger partial charge in [-0.2, -0.15) is 0 Å². The third kappa shape index (κ3) is 4.80. The average Bonchev–Trinajstić information content (AvgIpc) is 2.80. The number of benzene rings is 2. The zero-order valence-corrected chi connectivity index (χ0v) is 17.3. The first-order valence-electron chi connectivity index (χ1n) is 9.90. The molecule has 0 spiro atoms. The van der Waals surface area contributed by atoms with Gasteiger partial charge in [0.1, 0.15) is 5.69 Å². The molecule has 9 heteroatoms. The number of aromatic nitrogens is 2. The Labute approximate surface area is 184 Å².